The molecule has 4 nitrogen and oxygen atoms in total. The van der Waals surface area contributed by atoms with Gasteiger partial charge in [-0.05, 0) is 24.1 Å². The summed E-state index contributed by atoms with van der Waals surface area (Å²) in [5.74, 6) is -1.33. The van der Waals surface area contributed by atoms with E-state index in [-0.39, 0.29) is 6.42 Å². The van der Waals surface area contributed by atoms with Crippen molar-refractivity contribution in [2.24, 2.45) is 0 Å². The average Bonchev–Trinajstić information content (AvgIpc) is 2.27. The molecule has 0 aliphatic rings. The summed E-state index contributed by atoms with van der Waals surface area (Å²) in [7, 11) is 0. The van der Waals surface area contributed by atoms with Crippen molar-refractivity contribution in [1.29, 1.82) is 0 Å². The number of hydrogen-bond donors (Lipinski definition) is 1. The summed E-state index contributed by atoms with van der Waals surface area (Å²) in [4.78, 5) is 21.8. The van der Waals surface area contributed by atoms with Gasteiger partial charge in [0.05, 0.1) is 13.0 Å². The van der Waals surface area contributed by atoms with E-state index in [1.165, 1.54) is 6.08 Å². The number of hydrogen-bond acceptors (Lipinski definition) is 3. The summed E-state index contributed by atoms with van der Waals surface area (Å²) < 4.78 is 4.74. The van der Waals surface area contributed by atoms with Gasteiger partial charge in [0.15, 0.2) is 0 Å². The van der Waals surface area contributed by atoms with Crippen molar-refractivity contribution >= 4 is 18.0 Å². The van der Waals surface area contributed by atoms with E-state index < -0.39 is 11.9 Å². The quantitative estimate of drug-likeness (QED) is 0.624. The molecule has 0 aliphatic heterocycles. The van der Waals surface area contributed by atoms with Crippen LogP contribution < -0.4 is 0 Å². The van der Waals surface area contributed by atoms with Crippen molar-refractivity contribution in [2.75, 3.05) is 6.61 Å². The van der Waals surface area contributed by atoms with Gasteiger partial charge in [0.1, 0.15) is 0 Å². The number of rotatable bonds is 5. The third-order valence-corrected chi connectivity index (χ3v) is 2.08. The van der Waals surface area contributed by atoms with Gasteiger partial charge in [-0.2, -0.15) is 0 Å². The SMILES string of the molecule is CCOC(=O)C=Cc1ccccc1CC(=O)O. The van der Waals surface area contributed by atoms with Gasteiger partial charge in [0, 0.05) is 6.08 Å². The van der Waals surface area contributed by atoms with E-state index in [1.807, 2.05) is 0 Å². The Hall–Kier alpha value is -2.10. The van der Waals surface area contributed by atoms with Crippen molar-refractivity contribution in [3.63, 3.8) is 0 Å². The molecule has 1 aromatic rings. The molecule has 0 saturated carbocycles. The summed E-state index contributed by atoms with van der Waals surface area (Å²) in [6, 6.07) is 7.03. The maximum Gasteiger partial charge on any atom is 0.330 e. The molecule has 0 unspecified atom stereocenters. The minimum Gasteiger partial charge on any atom is -0.481 e. The second-order valence-corrected chi connectivity index (χ2v) is 3.35. The van der Waals surface area contributed by atoms with Crippen LogP contribution in [-0.2, 0) is 20.7 Å². The summed E-state index contributed by atoms with van der Waals surface area (Å²) in [5.41, 5.74) is 1.38. The van der Waals surface area contributed by atoms with Crippen molar-refractivity contribution in [2.45, 2.75) is 13.3 Å². The molecule has 0 aliphatic carbocycles. The number of benzene rings is 1. The van der Waals surface area contributed by atoms with Crippen LogP contribution in [0.5, 0.6) is 0 Å². The lowest BCUT2D eigenvalue weighted by atomic mass is 10.0. The molecule has 0 spiro atoms. The Morgan fingerprint density at radius 1 is 1.35 bits per heavy atom. The van der Waals surface area contributed by atoms with Gasteiger partial charge in [0.2, 0.25) is 0 Å². The minimum atomic E-state index is -0.901. The first kappa shape index (κ1) is 13.0. The highest BCUT2D eigenvalue weighted by Crippen LogP contribution is 2.11. The van der Waals surface area contributed by atoms with Gasteiger partial charge in [-0.25, -0.2) is 4.79 Å². The van der Waals surface area contributed by atoms with Crippen LogP contribution in [0.15, 0.2) is 30.3 Å². The number of carbonyl (C=O) groups excluding carboxylic acids is 1. The Labute approximate surface area is 99.5 Å². The van der Waals surface area contributed by atoms with Gasteiger partial charge in [0.25, 0.3) is 0 Å². The number of carboxylic acid groups (broad SMARTS) is 1. The molecule has 1 aromatic carbocycles. The van der Waals surface area contributed by atoms with Crippen LogP contribution in [0.1, 0.15) is 18.1 Å². The van der Waals surface area contributed by atoms with Crippen molar-refractivity contribution in [3.8, 4) is 0 Å². The zero-order chi connectivity index (χ0) is 12.7. The van der Waals surface area contributed by atoms with Crippen LogP contribution >= 0.6 is 0 Å². The van der Waals surface area contributed by atoms with E-state index in [4.69, 9.17) is 9.84 Å². The molecular formula is C13H14O4. The number of carboxylic acids is 1. The summed E-state index contributed by atoms with van der Waals surface area (Å²) in [5, 5.41) is 8.74. The van der Waals surface area contributed by atoms with E-state index >= 15 is 0 Å². The van der Waals surface area contributed by atoms with Crippen LogP contribution in [0.2, 0.25) is 0 Å². The Kier molecular flexibility index (Phi) is 4.94. The van der Waals surface area contributed by atoms with E-state index in [1.54, 1.807) is 37.3 Å². The number of esters is 1. The third-order valence-electron chi connectivity index (χ3n) is 2.08. The van der Waals surface area contributed by atoms with E-state index in [2.05, 4.69) is 0 Å². The van der Waals surface area contributed by atoms with Crippen molar-refractivity contribution in [3.05, 3.63) is 41.5 Å². The monoisotopic (exact) mass is 234 g/mol. The minimum absolute atomic E-state index is 0.0661. The largest absolute Gasteiger partial charge is 0.481 e. The smallest absolute Gasteiger partial charge is 0.330 e. The number of ether oxygens (including phenoxy) is 1. The van der Waals surface area contributed by atoms with Gasteiger partial charge >= 0.3 is 11.9 Å². The van der Waals surface area contributed by atoms with Gasteiger partial charge < -0.3 is 9.84 Å². The first-order chi connectivity index (χ1) is 8.13. The van der Waals surface area contributed by atoms with Gasteiger partial charge in [-0.15, -0.1) is 0 Å². The first-order valence-electron chi connectivity index (χ1n) is 5.28. The molecule has 0 atom stereocenters. The van der Waals surface area contributed by atoms with E-state index in [0.717, 1.165) is 0 Å². The molecule has 0 bridgehead atoms. The Balaban J connectivity index is 2.83. The Morgan fingerprint density at radius 2 is 2.06 bits per heavy atom. The van der Waals surface area contributed by atoms with Gasteiger partial charge in [-0.1, -0.05) is 24.3 Å². The number of carbonyl (C=O) groups is 2. The molecule has 0 radical (unpaired) electrons. The topological polar surface area (TPSA) is 63.6 Å². The highest BCUT2D eigenvalue weighted by Gasteiger charge is 2.04. The maximum absolute atomic E-state index is 11.1. The predicted molar refractivity (Wildman–Crippen MR) is 63.4 cm³/mol. The molecule has 0 heterocycles. The molecule has 0 amide bonds. The van der Waals surface area contributed by atoms with Crippen molar-refractivity contribution < 1.29 is 19.4 Å². The fourth-order valence-corrected chi connectivity index (χ4v) is 1.37. The highest BCUT2D eigenvalue weighted by molar-refractivity contribution is 5.87. The maximum atomic E-state index is 11.1. The standard InChI is InChI=1S/C13H14O4/c1-2-17-13(16)8-7-10-5-3-4-6-11(10)9-12(14)15/h3-8H,2,9H2,1H3,(H,14,15). The van der Waals surface area contributed by atoms with Crippen LogP contribution in [0, 0.1) is 0 Å². The average molecular weight is 234 g/mol. The molecule has 0 saturated heterocycles. The predicted octanol–water partition coefficient (Wildman–Crippen LogP) is 1.89. The zero-order valence-electron chi connectivity index (χ0n) is 9.55. The van der Waals surface area contributed by atoms with Crippen LogP contribution in [0.3, 0.4) is 0 Å². The Bertz CT molecular complexity index is 435. The molecule has 1 rings (SSSR count). The molecule has 17 heavy (non-hydrogen) atoms. The summed E-state index contributed by atoms with van der Waals surface area (Å²) in [6.07, 6.45) is 2.80. The second-order valence-electron chi connectivity index (χ2n) is 3.35. The van der Waals surface area contributed by atoms with E-state index in [9.17, 15) is 9.59 Å². The second kappa shape index (κ2) is 6.48. The normalized spacial score (nSPS) is 10.4. The van der Waals surface area contributed by atoms with Crippen LogP contribution in [-0.4, -0.2) is 23.7 Å². The lowest BCUT2D eigenvalue weighted by Gasteiger charge is -2.02. The summed E-state index contributed by atoms with van der Waals surface area (Å²) in [6.45, 7) is 2.05. The van der Waals surface area contributed by atoms with Gasteiger partial charge in [-0.3, -0.25) is 4.79 Å². The molecule has 4 heteroatoms. The Morgan fingerprint density at radius 3 is 2.71 bits per heavy atom. The summed E-state index contributed by atoms with van der Waals surface area (Å²) >= 11 is 0. The molecular weight excluding hydrogens is 220 g/mol. The van der Waals surface area contributed by atoms with Crippen LogP contribution in [0.4, 0.5) is 0 Å². The highest BCUT2D eigenvalue weighted by atomic mass is 16.5. The lowest BCUT2D eigenvalue weighted by molar-refractivity contribution is -0.137. The molecule has 0 aromatic heterocycles. The zero-order valence-corrected chi connectivity index (χ0v) is 9.55. The third kappa shape index (κ3) is 4.51. The van der Waals surface area contributed by atoms with Crippen molar-refractivity contribution in [1.82, 2.24) is 0 Å². The fraction of sp³-hybridized carbons (Fsp3) is 0.231. The lowest BCUT2D eigenvalue weighted by Crippen LogP contribution is -2.02. The van der Waals surface area contributed by atoms with Crippen LogP contribution in [0.25, 0.3) is 6.08 Å². The first-order valence-corrected chi connectivity index (χ1v) is 5.28. The fourth-order valence-electron chi connectivity index (χ4n) is 1.37. The molecule has 90 valence electrons. The molecule has 1 N–H and O–H groups in total. The van der Waals surface area contributed by atoms with E-state index in [0.29, 0.717) is 17.7 Å². The molecule has 0 fully saturated rings. The number of aliphatic carboxylic acids is 1.